The molecule has 2 aromatic carbocycles. The molecule has 2 amide bonds. The number of methoxy groups -OCH3 is 1. The van der Waals surface area contributed by atoms with Crippen LogP contribution in [0.5, 0.6) is 5.75 Å². The molecule has 2 aromatic heterocycles. The Morgan fingerprint density at radius 3 is 2.48 bits per heavy atom. The fourth-order valence-electron chi connectivity index (χ4n) is 6.70. The van der Waals surface area contributed by atoms with E-state index in [4.69, 9.17) is 4.74 Å². The maximum atomic E-state index is 13.9. The monoisotopic (exact) mass is 644 g/mol. The minimum Gasteiger partial charge on any atom is -0.497 e. The standard InChI is InChI=1S/C34H40N6O5S/c1-21-15-26(39(4)36-21)19-35-33(41)25-16-24-17-27(45-5)12-14-28(24)32-31(22-9-7-6-8-10-22)29-13-11-23(18-30(29)40(32)20-25)34(42)37-46(43,44)38(2)3/h11-18,22H,6-10,19-20H2,1-5H3,(H,35,41)(H,37,42). The Kier molecular flexibility index (Phi) is 8.51. The van der Waals surface area contributed by atoms with Crippen LogP contribution in [-0.2, 0) is 35.1 Å². The summed E-state index contributed by atoms with van der Waals surface area (Å²) < 4.78 is 37.5. The molecular formula is C34H40N6O5S. The highest BCUT2D eigenvalue weighted by Crippen LogP contribution is 2.47. The van der Waals surface area contributed by atoms with Crippen LogP contribution in [-0.4, -0.2) is 60.1 Å². The molecule has 4 aromatic rings. The first-order valence-electron chi connectivity index (χ1n) is 15.5. The maximum absolute atomic E-state index is 13.9. The summed E-state index contributed by atoms with van der Waals surface area (Å²) in [4.78, 5) is 27.1. The lowest BCUT2D eigenvalue weighted by atomic mass is 9.81. The van der Waals surface area contributed by atoms with Crippen molar-refractivity contribution in [2.24, 2.45) is 7.05 Å². The molecule has 12 heteroatoms. The molecule has 0 atom stereocenters. The van der Waals surface area contributed by atoms with Crippen LogP contribution in [0.25, 0.3) is 28.2 Å². The Morgan fingerprint density at radius 2 is 1.80 bits per heavy atom. The summed E-state index contributed by atoms with van der Waals surface area (Å²) in [6.45, 7) is 2.49. The number of amides is 2. The number of rotatable bonds is 8. The van der Waals surface area contributed by atoms with Crippen molar-refractivity contribution in [3.8, 4) is 17.0 Å². The van der Waals surface area contributed by atoms with E-state index in [2.05, 4.69) is 19.7 Å². The van der Waals surface area contributed by atoms with Crippen LogP contribution in [0.15, 0.2) is 48.0 Å². The second kappa shape index (κ2) is 12.4. The van der Waals surface area contributed by atoms with E-state index in [1.165, 1.54) is 26.1 Å². The summed E-state index contributed by atoms with van der Waals surface area (Å²) in [6, 6.07) is 13.2. The molecule has 1 fully saturated rings. The Bertz CT molecular complexity index is 1980. The zero-order valence-corrected chi connectivity index (χ0v) is 27.7. The molecule has 46 heavy (non-hydrogen) atoms. The third-order valence-electron chi connectivity index (χ3n) is 9.07. The van der Waals surface area contributed by atoms with E-state index in [1.807, 2.05) is 50.4 Å². The molecule has 0 unspecified atom stereocenters. The van der Waals surface area contributed by atoms with E-state index in [-0.39, 0.29) is 18.0 Å². The Labute approximate surface area is 269 Å². The normalized spacial score (nSPS) is 15.2. The molecule has 0 spiro atoms. The lowest BCUT2D eigenvalue weighted by Gasteiger charge is -2.24. The van der Waals surface area contributed by atoms with Gasteiger partial charge in [-0.3, -0.25) is 14.3 Å². The summed E-state index contributed by atoms with van der Waals surface area (Å²) in [6.07, 6.45) is 7.48. The topological polar surface area (TPSA) is 128 Å². The number of nitrogens with zero attached hydrogens (tertiary/aromatic N) is 4. The number of benzene rings is 2. The van der Waals surface area contributed by atoms with E-state index in [9.17, 15) is 18.0 Å². The van der Waals surface area contributed by atoms with Gasteiger partial charge in [0.2, 0.25) is 5.91 Å². The highest BCUT2D eigenvalue weighted by atomic mass is 32.2. The second-order valence-electron chi connectivity index (χ2n) is 12.3. The van der Waals surface area contributed by atoms with Gasteiger partial charge in [0.25, 0.3) is 5.91 Å². The summed E-state index contributed by atoms with van der Waals surface area (Å²) in [5, 5.41) is 8.47. The van der Waals surface area contributed by atoms with Gasteiger partial charge < -0.3 is 14.6 Å². The molecule has 2 N–H and O–H groups in total. The van der Waals surface area contributed by atoms with Gasteiger partial charge in [0.05, 0.1) is 37.3 Å². The number of fused-ring (bicyclic) bond motifs is 5. The van der Waals surface area contributed by atoms with E-state index in [0.717, 1.165) is 69.1 Å². The lowest BCUT2D eigenvalue weighted by molar-refractivity contribution is -0.117. The Hall–Kier alpha value is -4.42. The van der Waals surface area contributed by atoms with E-state index >= 15 is 0 Å². The summed E-state index contributed by atoms with van der Waals surface area (Å²) in [7, 11) is 2.22. The van der Waals surface area contributed by atoms with E-state index in [1.54, 1.807) is 23.9 Å². The van der Waals surface area contributed by atoms with Gasteiger partial charge in [0, 0.05) is 48.7 Å². The van der Waals surface area contributed by atoms with Crippen LogP contribution in [0.3, 0.4) is 0 Å². The first-order valence-corrected chi connectivity index (χ1v) is 17.0. The van der Waals surface area contributed by atoms with Crippen molar-refractivity contribution in [1.29, 1.82) is 0 Å². The van der Waals surface area contributed by atoms with Gasteiger partial charge in [-0.05, 0) is 79.3 Å². The van der Waals surface area contributed by atoms with Crippen LogP contribution in [0, 0.1) is 6.92 Å². The predicted molar refractivity (Wildman–Crippen MR) is 178 cm³/mol. The molecule has 3 heterocycles. The van der Waals surface area contributed by atoms with Gasteiger partial charge in [-0.25, -0.2) is 4.72 Å². The average molecular weight is 645 g/mol. The zero-order valence-electron chi connectivity index (χ0n) is 26.9. The molecule has 1 aliphatic carbocycles. The van der Waals surface area contributed by atoms with Crippen molar-refractivity contribution in [2.75, 3.05) is 21.2 Å². The predicted octanol–water partition coefficient (Wildman–Crippen LogP) is 4.66. The molecule has 1 saturated carbocycles. The quantitative estimate of drug-likeness (QED) is 0.287. The number of hydrogen-bond donors (Lipinski definition) is 2. The van der Waals surface area contributed by atoms with Crippen molar-refractivity contribution in [2.45, 2.75) is 58.0 Å². The molecule has 242 valence electrons. The zero-order chi connectivity index (χ0) is 32.7. The summed E-state index contributed by atoms with van der Waals surface area (Å²) in [5.41, 5.74) is 7.36. The first kappa shape index (κ1) is 31.6. The summed E-state index contributed by atoms with van der Waals surface area (Å²) >= 11 is 0. The van der Waals surface area contributed by atoms with Gasteiger partial charge in [-0.1, -0.05) is 25.3 Å². The molecule has 6 rings (SSSR count). The first-order chi connectivity index (χ1) is 22.0. The Morgan fingerprint density at radius 1 is 1.04 bits per heavy atom. The number of aryl methyl sites for hydroxylation is 2. The minimum atomic E-state index is -3.98. The molecule has 0 radical (unpaired) electrons. The van der Waals surface area contributed by atoms with E-state index in [0.29, 0.717) is 23.8 Å². The number of nitrogens with one attached hydrogen (secondary N) is 2. The van der Waals surface area contributed by atoms with Gasteiger partial charge in [-0.15, -0.1) is 0 Å². The molecule has 2 aliphatic rings. The maximum Gasteiger partial charge on any atom is 0.303 e. The van der Waals surface area contributed by atoms with Crippen LogP contribution in [0.1, 0.15) is 70.9 Å². The minimum absolute atomic E-state index is 0.215. The number of carbonyl (C=O) groups is 2. The SMILES string of the molecule is COc1ccc2c(c1)C=C(C(=O)NCc1cc(C)nn1C)Cn1c-2c(C2CCCCC2)c2ccc(C(=O)NS(=O)(=O)N(C)C)cc21. The summed E-state index contributed by atoms with van der Waals surface area (Å²) in [5.74, 6) is 0.0567. The largest absolute Gasteiger partial charge is 0.497 e. The number of carbonyl (C=O) groups excluding carboxylic acids is 2. The van der Waals surface area contributed by atoms with Gasteiger partial charge in [0.15, 0.2) is 0 Å². The van der Waals surface area contributed by atoms with Crippen molar-refractivity contribution in [3.63, 3.8) is 0 Å². The van der Waals surface area contributed by atoms with Crippen molar-refractivity contribution in [1.82, 2.24) is 28.7 Å². The smallest absolute Gasteiger partial charge is 0.303 e. The van der Waals surface area contributed by atoms with Crippen LogP contribution >= 0.6 is 0 Å². The number of aromatic nitrogens is 3. The number of hydrogen-bond acceptors (Lipinski definition) is 6. The van der Waals surface area contributed by atoms with Crippen LogP contribution < -0.4 is 14.8 Å². The highest BCUT2D eigenvalue weighted by molar-refractivity contribution is 7.87. The van der Waals surface area contributed by atoms with Crippen molar-refractivity contribution >= 4 is 39.0 Å². The van der Waals surface area contributed by atoms with Gasteiger partial charge in [0.1, 0.15) is 5.75 Å². The third-order valence-corrected chi connectivity index (χ3v) is 10.5. The molecule has 11 nitrogen and oxygen atoms in total. The Balaban J connectivity index is 1.51. The molecule has 1 aliphatic heterocycles. The second-order valence-corrected chi connectivity index (χ2v) is 14.2. The number of ether oxygens (including phenoxy) is 1. The van der Waals surface area contributed by atoms with Crippen molar-refractivity contribution < 1.29 is 22.7 Å². The molecule has 0 saturated heterocycles. The fraction of sp³-hybridized carbons (Fsp3) is 0.382. The third kappa shape index (κ3) is 5.94. The fourth-order valence-corrected chi connectivity index (χ4v) is 7.24. The molecular weight excluding hydrogens is 604 g/mol. The van der Waals surface area contributed by atoms with Crippen LogP contribution in [0.4, 0.5) is 0 Å². The van der Waals surface area contributed by atoms with Gasteiger partial charge >= 0.3 is 10.2 Å². The molecule has 0 bridgehead atoms. The van der Waals surface area contributed by atoms with Crippen LogP contribution in [0.2, 0.25) is 0 Å². The highest BCUT2D eigenvalue weighted by Gasteiger charge is 2.31. The van der Waals surface area contributed by atoms with Gasteiger partial charge in [-0.2, -0.15) is 17.8 Å². The van der Waals surface area contributed by atoms with E-state index < -0.39 is 16.1 Å². The lowest BCUT2D eigenvalue weighted by Crippen LogP contribution is -2.39. The van der Waals surface area contributed by atoms with Crippen molar-refractivity contribution in [3.05, 3.63) is 76.1 Å². The average Bonchev–Trinajstić information content (AvgIpc) is 3.47.